The highest BCUT2D eigenvalue weighted by Gasteiger charge is 2.20. The van der Waals surface area contributed by atoms with Crippen LogP contribution >= 0.6 is 11.3 Å². The SMILES string of the molecule is Cc1nc(Cc2ccc(F)cc2)sc1C(=O)N(C)CC(=O)O. The Bertz CT molecular complexity index is 697. The quantitative estimate of drug-likeness (QED) is 0.917. The summed E-state index contributed by atoms with van der Waals surface area (Å²) < 4.78 is 12.9. The predicted octanol–water partition coefficient (Wildman–Crippen LogP) is 2.34. The minimum absolute atomic E-state index is 0.301. The largest absolute Gasteiger partial charge is 0.480 e. The molecule has 7 heteroatoms. The molecule has 116 valence electrons. The van der Waals surface area contributed by atoms with Crippen molar-refractivity contribution in [1.82, 2.24) is 9.88 Å². The molecule has 2 aromatic rings. The van der Waals surface area contributed by atoms with E-state index < -0.39 is 5.97 Å². The van der Waals surface area contributed by atoms with Crippen LogP contribution in [0.3, 0.4) is 0 Å². The Morgan fingerprint density at radius 2 is 1.95 bits per heavy atom. The smallest absolute Gasteiger partial charge is 0.323 e. The van der Waals surface area contributed by atoms with Gasteiger partial charge < -0.3 is 10.0 Å². The van der Waals surface area contributed by atoms with Crippen LogP contribution in [0.5, 0.6) is 0 Å². The molecule has 0 atom stereocenters. The van der Waals surface area contributed by atoms with Gasteiger partial charge in [-0.25, -0.2) is 9.37 Å². The average Bonchev–Trinajstić information content (AvgIpc) is 2.80. The van der Waals surface area contributed by atoms with E-state index in [2.05, 4.69) is 4.98 Å². The van der Waals surface area contributed by atoms with Crippen LogP contribution in [0.25, 0.3) is 0 Å². The highest BCUT2D eigenvalue weighted by molar-refractivity contribution is 7.13. The monoisotopic (exact) mass is 322 g/mol. The number of likely N-dealkylation sites (N-methyl/N-ethyl adjacent to an activating group) is 1. The fraction of sp³-hybridized carbons (Fsp3) is 0.267. The van der Waals surface area contributed by atoms with Crippen molar-refractivity contribution in [3.8, 4) is 0 Å². The second-order valence-electron chi connectivity index (χ2n) is 4.88. The Hall–Kier alpha value is -2.28. The fourth-order valence-electron chi connectivity index (χ4n) is 1.95. The number of aliphatic carboxylic acids is 1. The molecule has 0 bridgehead atoms. The number of hydrogen-bond acceptors (Lipinski definition) is 4. The van der Waals surface area contributed by atoms with E-state index >= 15 is 0 Å². The summed E-state index contributed by atoms with van der Waals surface area (Å²) in [5.41, 5.74) is 1.47. The molecule has 0 fully saturated rings. The molecule has 0 spiro atoms. The van der Waals surface area contributed by atoms with Crippen molar-refractivity contribution in [2.75, 3.05) is 13.6 Å². The van der Waals surface area contributed by atoms with Crippen molar-refractivity contribution in [2.45, 2.75) is 13.3 Å². The van der Waals surface area contributed by atoms with E-state index in [1.165, 1.54) is 30.5 Å². The van der Waals surface area contributed by atoms with Crippen molar-refractivity contribution in [1.29, 1.82) is 0 Å². The number of nitrogens with zero attached hydrogens (tertiary/aromatic N) is 2. The topological polar surface area (TPSA) is 70.5 Å². The molecule has 0 aliphatic heterocycles. The Morgan fingerprint density at radius 1 is 1.32 bits per heavy atom. The lowest BCUT2D eigenvalue weighted by molar-refractivity contribution is -0.137. The highest BCUT2D eigenvalue weighted by atomic mass is 32.1. The normalized spacial score (nSPS) is 10.5. The zero-order valence-electron chi connectivity index (χ0n) is 12.2. The molecule has 0 aliphatic rings. The lowest BCUT2D eigenvalue weighted by Crippen LogP contribution is -2.31. The first-order chi connectivity index (χ1) is 10.4. The standard InChI is InChI=1S/C15H15FN2O3S/c1-9-14(15(21)18(2)8-13(19)20)22-12(17-9)7-10-3-5-11(16)6-4-10/h3-6H,7-8H2,1-2H3,(H,19,20). The van der Waals surface area contributed by atoms with Gasteiger partial charge in [0.25, 0.3) is 5.91 Å². The zero-order chi connectivity index (χ0) is 16.3. The molecular weight excluding hydrogens is 307 g/mol. The summed E-state index contributed by atoms with van der Waals surface area (Å²) >= 11 is 1.23. The van der Waals surface area contributed by atoms with Gasteiger partial charge in [-0.2, -0.15) is 0 Å². The maximum atomic E-state index is 12.9. The summed E-state index contributed by atoms with van der Waals surface area (Å²) in [5, 5.41) is 9.47. The molecule has 0 unspecified atom stereocenters. The first-order valence-corrected chi connectivity index (χ1v) is 7.36. The third-order valence-electron chi connectivity index (χ3n) is 3.02. The number of carboxylic acids is 1. The maximum absolute atomic E-state index is 12.9. The van der Waals surface area contributed by atoms with Gasteiger partial charge in [-0.1, -0.05) is 12.1 Å². The van der Waals surface area contributed by atoms with Gasteiger partial charge in [-0.15, -0.1) is 11.3 Å². The number of halogens is 1. The van der Waals surface area contributed by atoms with E-state index in [-0.39, 0.29) is 18.3 Å². The second-order valence-corrected chi connectivity index (χ2v) is 5.96. The Kier molecular flexibility index (Phi) is 4.87. The lowest BCUT2D eigenvalue weighted by atomic mass is 10.1. The number of carbonyl (C=O) groups is 2. The molecule has 1 heterocycles. The molecular formula is C15H15FN2O3S. The van der Waals surface area contributed by atoms with E-state index in [0.717, 1.165) is 15.5 Å². The molecule has 0 saturated heterocycles. The summed E-state index contributed by atoms with van der Waals surface area (Å²) in [5.74, 6) is -1.72. The highest BCUT2D eigenvalue weighted by Crippen LogP contribution is 2.22. The number of thiazole rings is 1. The van der Waals surface area contributed by atoms with Gasteiger partial charge in [0.2, 0.25) is 0 Å². The first-order valence-electron chi connectivity index (χ1n) is 6.55. The van der Waals surface area contributed by atoms with Crippen LogP contribution in [0.4, 0.5) is 4.39 Å². The first kappa shape index (κ1) is 16.1. The van der Waals surface area contributed by atoms with Gasteiger partial charge in [-0.3, -0.25) is 9.59 Å². The molecule has 1 amide bonds. The zero-order valence-corrected chi connectivity index (χ0v) is 13.0. The number of amides is 1. The van der Waals surface area contributed by atoms with Crippen molar-refractivity contribution < 1.29 is 19.1 Å². The van der Waals surface area contributed by atoms with Crippen LogP contribution in [0, 0.1) is 12.7 Å². The molecule has 0 radical (unpaired) electrons. The fourth-order valence-corrected chi connectivity index (χ4v) is 3.04. The number of carboxylic acid groups (broad SMARTS) is 1. The Morgan fingerprint density at radius 3 is 2.55 bits per heavy atom. The minimum atomic E-state index is -1.07. The van der Waals surface area contributed by atoms with Crippen LogP contribution in [-0.4, -0.2) is 40.5 Å². The number of rotatable bonds is 5. The minimum Gasteiger partial charge on any atom is -0.480 e. The molecule has 0 aliphatic carbocycles. The third kappa shape index (κ3) is 3.88. The van der Waals surface area contributed by atoms with E-state index in [1.807, 2.05) is 0 Å². The molecule has 22 heavy (non-hydrogen) atoms. The lowest BCUT2D eigenvalue weighted by Gasteiger charge is -2.13. The number of aryl methyl sites for hydroxylation is 1. The second kappa shape index (κ2) is 6.65. The van der Waals surface area contributed by atoms with Crippen molar-refractivity contribution >= 4 is 23.2 Å². The number of hydrogen-bond donors (Lipinski definition) is 1. The summed E-state index contributed by atoms with van der Waals surface area (Å²) in [6.45, 7) is 1.36. The van der Waals surface area contributed by atoms with Crippen LogP contribution in [0.1, 0.15) is 25.9 Å². The van der Waals surface area contributed by atoms with Crippen molar-refractivity contribution in [2.24, 2.45) is 0 Å². The summed E-state index contributed by atoms with van der Waals surface area (Å²) in [6, 6.07) is 6.10. The molecule has 2 rings (SSSR count). The van der Waals surface area contributed by atoms with Crippen LogP contribution < -0.4 is 0 Å². The van der Waals surface area contributed by atoms with Crippen molar-refractivity contribution in [3.05, 3.63) is 51.2 Å². The summed E-state index contributed by atoms with van der Waals surface area (Å²) in [7, 11) is 1.44. The van der Waals surface area contributed by atoms with Gasteiger partial charge in [0.05, 0.1) is 10.7 Å². The van der Waals surface area contributed by atoms with Gasteiger partial charge in [0.15, 0.2) is 0 Å². The number of benzene rings is 1. The van der Waals surface area contributed by atoms with Gasteiger partial charge in [0, 0.05) is 13.5 Å². The van der Waals surface area contributed by atoms with E-state index in [4.69, 9.17) is 5.11 Å². The molecule has 1 aromatic heterocycles. The molecule has 0 saturated carbocycles. The van der Waals surface area contributed by atoms with Gasteiger partial charge in [0.1, 0.15) is 17.2 Å². The van der Waals surface area contributed by atoms with Gasteiger partial charge in [-0.05, 0) is 24.6 Å². The summed E-state index contributed by atoms with van der Waals surface area (Å²) in [4.78, 5) is 28.8. The third-order valence-corrected chi connectivity index (χ3v) is 4.17. The average molecular weight is 322 g/mol. The molecule has 1 aromatic carbocycles. The maximum Gasteiger partial charge on any atom is 0.323 e. The van der Waals surface area contributed by atoms with E-state index in [9.17, 15) is 14.0 Å². The van der Waals surface area contributed by atoms with Gasteiger partial charge >= 0.3 is 5.97 Å². The Labute approximate surface area is 131 Å². The molecule has 5 nitrogen and oxygen atoms in total. The molecule has 1 N–H and O–H groups in total. The van der Waals surface area contributed by atoms with E-state index in [1.54, 1.807) is 19.1 Å². The summed E-state index contributed by atoms with van der Waals surface area (Å²) in [6.07, 6.45) is 0.502. The van der Waals surface area contributed by atoms with Crippen LogP contribution in [0.2, 0.25) is 0 Å². The van der Waals surface area contributed by atoms with Crippen LogP contribution in [-0.2, 0) is 11.2 Å². The van der Waals surface area contributed by atoms with E-state index in [0.29, 0.717) is 17.0 Å². The Balaban J connectivity index is 2.15. The van der Waals surface area contributed by atoms with Crippen molar-refractivity contribution in [3.63, 3.8) is 0 Å². The van der Waals surface area contributed by atoms with Crippen LogP contribution in [0.15, 0.2) is 24.3 Å². The number of aromatic nitrogens is 1. The number of carbonyl (C=O) groups excluding carboxylic acids is 1. The predicted molar refractivity (Wildman–Crippen MR) is 80.7 cm³/mol.